The van der Waals surface area contributed by atoms with Gasteiger partial charge in [-0.2, -0.15) is 0 Å². The molecule has 1 amide bonds. The summed E-state index contributed by atoms with van der Waals surface area (Å²) in [7, 11) is 2.01. The average Bonchev–Trinajstić information content (AvgIpc) is 3.08. The maximum atomic E-state index is 12.5. The molecule has 1 N–H and O–H groups in total. The highest BCUT2D eigenvalue weighted by molar-refractivity contribution is 7.10. The summed E-state index contributed by atoms with van der Waals surface area (Å²) in [5.41, 5.74) is 2.67. The Morgan fingerprint density at radius 3 is 2.96 bits per heavy atom. The fraction of sp³-hybridized carbons (Fsp3) is 0.421. The van der Waals surface area contributed by atoms with E-state index in [1.54, 1.807) is 11.3 Å². The molecule has 1 aromatic carbocycles. The first kappa shape index (κ1) is 16.2. The van der Waals surface area contributed by atoms with Gasteiger partial charge in [0.25, 0.3) is 0 Å². The molecule has 2 unspecified atom stereocenters. The monoisotopic (exact) mass is 328 g/mol. The van der Waals surface area contributed by atoms with Gasteiger partial charge in [0, 0.05) is 10.9 Å². The normalized spacial score (nSPS) is 18.5. The first-order valence-electron chi connectivity index (χ1n) is 8.26. The largest absolute Gasteiger partial charge is 0.348 e. The molecule has 1 aliphatic carbocycles. The molecule has 3 rings (SSSR count). The van der Waals surface area contributed by atoms with Crippen molar-refractivity contribution in [3.8, 4) is 0 Å². The van der Waals surface area contributed by atoms with Gasteiger partial charge in [0.2, 0.25) is 5.91 Å². The maximum absolute atomic E-state index is 12.5. The summed E-state index contributed by atoms with van der Waals surface area (Å²) in [6.07, 6.45) is 3.30. The number of fused-ring (bicyclic) bond motifs is 1. The number of amides is 1. The van der Waals surface area contributed by atoms with Crippen molar-refractivity contribution in [1.82, 2.24) is 10.2 Å². The number of thiophene rings is 1. The number of benzene rings is 1. The molecule has 0 bridgehead atoms. The Bertz CT molecular complexity index is 653. The second-order valence-corrected chi connectivity index (χ2v) is 7.30. The van der Waals surface area contributed by atoms with E-state index in [4.69, 9.17) is 0 Å². The van der Waals surface area contributed by atoms with Crippen LogP contribution >= 0.6 is 11.3 Å². The van der Waals surface area contributed by atoms with Crippen LogP contribution in [0.3, 0.4) is 0 Å². The van der Waals surface area contributed by atoms with Crippen LogP contribution < -0.4 is 5.32 Å². The van der Waals surface area contributed by atoms with Gasteiger partial charge < -0.3 is 5.32 Å². The van der Waals surface area contributed by atoms with E-state index in [1.165, 1.54) is 16.0 Å². The molecule has 0 fully saturated rings. The third kappa shape index (κ3) is 3.82. The predicted molar refractivity (Wildman–Crippen MR) is 95.6 cm³/mol. The lowest BCUT2D eigenvalue weighted by Crippen LogP contribution is -2.39. The van der Waals surface area contributed by atoms with Crippen molar-refractivity contribution in [3.63, 3.8) is 0 Å². The summed E-state index contributed by atoms with van der Waals surface area (Å²) in [6.45, 7) is 2.58. The number of aryl methyl sites for hydroxylation is 1. The quantitative estimate of drug-likeness (QED) is 0.902. The third-order valence-electron chi connectivity index (χ3n) is 4.71. The minimum absolute atomic E-state index is 0.109. The summed E-state index contributed by atoms with van der Waals surface area (Å²) < 4.78 is 0. The van der Waals surface area contributed by atoms with E-state index in [-0.39, 0.29) is 18.0 Å². The minimum Gasteiger partial charge on any atom is -0.348 e. The molecule has 23 heavy (non-hydrogen) atoms. The van der Waals surface area contributed by atoms with Crippen LogP contribution in [0.25, 0.3) is 0 Å². The lowest BCUT2D eigenvalue weighted by atomic mass is 9.88. The van der Waals surface area contributed by atoms with Crippen molar-refractivity contribution < 1.29 is 4.79 Å². The molecule has 1 heterocycles. The zero-order valence-corrected chi connectivity index (χ0v) is 14.6. The van der Waals surface area contributed by atoms with E-state index >= 15 is 0 Å². The first-order valence-corrected chi connectivity index (χ1v) is 9.14. The van der Waals surface area contributed by atoms with Gasteiger partial charge in [-0.15, -0.1) is 11.3 Å². The zero-order valence-electron chi connectivity index (χ0n) is 13.8. The second kappa shape index (κ2) is 7.28. The highest BCUT2D eigenvalue weighted by atomic mass is 32.1. The van der Waals surface area contributed by atoms with Crippen LogP contribution in [0.15, 0.2) is 41.8 Å². The van der Waals surface area contributed by atoms with Gasteiger partial charge >= 0.3 is 0 Å². The van der Waals surface area contributed by atoms with Crippen LogP contribution in [0.2, 0.25) is 0 Å². The van der Waals surface area contributed by atoms with E-state index < -0.39 is 0 Å². The Morgan fingerprint density at radius 1 is 1.35 bits per heavy atom. The third-order valence-corrected chi connectivity index (χ3v) is 5.76. The predicted octanol–water partition coefficient (Wildman–Crippen LogP) is 3.93. The van der Waals surface area contributed by atoms with E-state index in [9.17, 15) is 4.79 Å². The number of nitrogens with zero attached hydrogens (tertiary/aromatic N) is 1. The number of rotatable bonds is 5. The molecule has 1 aromatic heterocycles. The van der Waals surface area contributed by atoms with Crippen LogP contribution in [-0.2, 0) is 11.2 Å². The number of nitrogens with one attached hydrogen (secondary N) is 1. The molecule has 3 nitrogen and oxygen atoms in total. The van der Waals surface area contributed by atoms with Crippen molar-refractivity contribution in [3.05, 3.63) is 57.8 Å². The summed E-state index contributed by atoms with van der Waals surface area (Å²) in [5, 5.41) is 5.31. The number of carbonyl (C=O) groups excluding carboxylic acids is 1. The fourth-order valence-corrected chi connectivity index (χ4v) is 4.10. The SMILES string of the molecule is CC(c1cccs1)N(C)CC(=O)NC1CCCc2ccccc21. The molecule has 2 atom stereocenters. The lowest BCUT2D eigenvalue weighted by molar-refractivity contribution is -0.123. The highest BCUT2D eigenvalue weighted by Gasteiger charge is 2.22. The zero-order chi connectivity index (χ0) is 16.2. The summed E-state index contributed by atoms with van der Waals surface area (Å²) in [6, 6.07) is 13.1. The van der Waals surface area contributed by atoms with Crippen molar-refractivity contribution in [2.24, 2.45) is 0 Å². The molecule has 2 aromatic rings. The van der Waals surface area contributed by atoms with Crippen molar-refractivity contribution in [2.45, 2.75) is 38.3 Å². The molecule has 4 heteroatoms. The van der Waals surface area contributed by atoms with Gasteiger partial charge in [0.05, 0.1) is 12.6 Å². The number of hydrogen-bond acceptors (Lipinski definition) is 3. The molecule has 0 spiro atoms. The molecule has 1 aliphatic rings. The van der Waals surface area contributed by atoms with Gasteiger partial charge in [-0.3, -0.25) is 9.69 Å². The van der Waals surface area contributed by atoms with Crippen LogP contribution in [0.5, 0.6) is 0 Å². The molecule has 0 saturated carbocycles. The van der Waals surface area contributed by atoms with Gasteiger partial charge in [-0.25, -0.2) is 0 Å². The van der Waals surface area contributed by atoms with Crippen LogP contribution in [-0.4, -0.2) is 24.4 Å². The maximum Gasteiger partial charge on any atom is 0.234 e. The van der Waals surface area contributed by atoms with E-state index in [2.05, 4.69) is 58.9 Å². The standard InChI is InChI=1S/C19H24N2OS/c1-14(18-11-6-12-23-18)21(2)13-19(22)20-17-10-5-8-15-7-3-4-9-16(15)17/h3-4,6-7,9,11-12,14,17H,5,8,10,13H2,1-2H3,(H,20,22). The number of carbonyl (C=O) groups is 1. The van der Waals surface area contributed by atoms with Crippen molar-refractivity contribution in [1.29, 1.82) is 0 Å². The highest BCUT2D eigenvalue weighted by Crippen LogP contribution is 2.29. The first-order chi connectivity index (χ1) is 11.1. The smallest absolute Gasteiger partial charge is 0.234 e. The molecular formula is C19H24N2OS. The fourth-order valence-electron chi connectivity index (χ4n) is 3.25. The van der Waals surface area contributed by atoms with Gasteiger partial charge in [-0.05, 0) is 55.8 Å². The van der Waals surface area contributed by atoms with Crippen LogP contribution in [0.1, 0.15) is 47.9 Å². The Kier molecular flexibility index (Phi) is 5.13. The van der Waals surface area contributed by atoms with Crippen molar-refractivity contribution in [2.75, 3.05) is 13.6 Å². The molecular weight excluding hydrogens is 304 g/mol. The van der Waals surface area contributed by atoms with E-state index in [0.717, 1.165) is 19.3 Å². The molecule has 122 valence electrons. The summed E-state index contributed by atoms with van der Waals surface area (Å²) in [5.74, 6) is 0.109. The van der Waals surface area contributed by atoms with E-state index in [1.807, 2.05) is 7.05 Å². The van der Waals surface area contributed by atoms with Gasteiger partial charge in [0.15, 0.2) is 0 Å². The topological polar surface area (TPSA) is 32.3 Å². The van der Waals surface area contributed by atoms with E-state index in [0.29, 0.717) is 6.54 Å². The molecule has 0 aliphatic heterocycles. The Hall–Kier alpha value is -1.65. The minimum atomic E-state index is 0.109. The molecule has 0 saturated heterocycles. The summed E-state index contributed by atoms with van der Waals surface area (Å²) >= 11 is 1.74. The number of likely N-dealkylation sites (N-methyl/N-ethyl adjacent to an activating group) is 1. The molecule has 0 radical (unpaired) electrons. The number of hydrogen-bond donors (Lipinski definition) is 1. The lowest BCUT2D eigenvalue weighted by Gasteiger charge is -2.28. The second-order valence-electron chi connectivity index (χ2n) is 6.32. The van der Waals surface area contributed by atoms with Crippen molar-refractivity contribution >= 4 is 17.2 Å². The summed E-state index contributed by atoms with van der Waals surface area (Å²) in [4.78, 5) is 15.9. The van der Waals surface area contributed by atoms with Gasteiger partial charge in [-0.1, -0.05) is 30.3 Å². The Morgan fingerprint density at radius 2 is 2.17 bits per heavy atom. The Balaban J connectivity index is 1.60. The Labute approximate surface area is 142 Å². The average molecular weight is 328 g/mol. The van der Waals surface area contributed by atoms with Crippen LogP contribution in [0.4, 0.5) is 0 Å². The van der Waals surface area contributed by atoms with Gasteiger partial charge in [0.1, 0.15) is 0 Å². The van der Waals surface area contributed by atoms with Crippen LogP contribution in [0, 0.1) is 0 Å².